The van der Waals surface area contributed by atoms with Crippen molar-refractivity contribution >= 4 is 35.6 Å². The molecule has 4 amide bonds. The number of guanidine groups is 1. The maximum absolute atomic E-state index is 13.2. The van der Waals surface area contributed by atoms with E-state index >= 15 is 0 Å². The second-order valence-electron chi connectivity index (χ2n) is 9.50. The van der Waals surface area contributed by atoms with Crippen molar-refractivity contribution in [1.82, 2.24) is 16.0 Å². The summed E-state index contributed by atoms with van der Waals surface area (Å²) in [6, 6.07) is -4.38. The Morgan fingerprint density at radius 3 is 1.87 bits per heavy atom. The molecule has 0 aliphatic rings. The number of carboxylic acids is 1. The molecule has 218 valence electrons. The van der Waals surface area contributed by atoms with Crippen LogP contribution in [0.4, 0.5) is 0 Å². The Morgan fingerprint density at radius 1 is 0.789 bits per heavy atom. The number of hydrogen-bond donors (Lipinski definition) is 9. The standard InChI is InChI=1S/C23H45N9O6/c1-13(2)12-17(32-19(34)14(25)8-9-18(26)33)21(36)30-15(7-5-11-29-23(27)28)20(35)31-16(22(37)38)6-3-4-10-24/h13-17H,3-12,24-25H2,1-2H3,(H2,26,33)(H,30,36)(H,31,35)(H,32,34)(H,37,38)(H4,27,28,29). The number of nitrogens with one attached hydrogen (secondary N) is 3. The molecule has 15 heteroatoms. The van der Waals surface area contributed by atoms with E-state index in [0.29, 0.717) is 25.8 Å². The maximum Gasteiger partial charge on any atom is 0.326 e. The first-order valence-corrected chi connectivity index (χ1v) is 12.7. The average Bonchev–Trinajstić information content (AvgIpc) is 2.82. The third-order valence-electron chi connectivity index (χ3n) is 5.52. The summed E-state index contributed by atoms with van der Waals surface area (Å²) in [5.74, 6) is -3.96. The first-order chi connectivity index (χ1) is 17.8. The highest BCUT2D eigenvalue weighted by molar-refractivity contribution is 5.94. The lowest BCUT2D eigenvalue weighted by molar-refractivity contribution is -0.142. The van der Waals surface area contributed by atoms with Crippen LogP contribution in [0.2, 0.25) is 0 Å². The van der Waals surface area contributed by atoms with E-state index in [-0.39, 0.29) is 50.5 Å². The molecule has 0 bridgehead atoms. The summed E-state index contributed by atoms with van der Waals surface area (Å²) < 4.78 is 0. The molecule has 4 unspecified atom stereocenters. The van der Waals surface area contributed by atoms with Gasteiger partial charge in [-0.3, -0.25) is 24.2 Å². The molecule has 0 spiro atoms. The SMILES string of the molecule is CC(C)CC(NC(=O)C(N)CCC(N)=O)C(=O)NC(CCCN=C(N)N)C(=O)NC(CCCCN)C(=O)O. The molecule has 38 heavy (non-hydrogen) atoms. The quantitative estimate of drug-likeness (QED) is 0.0436. The van der Waals surface area contributed by atoms with Crippen molar-refractivity contribution in [2.75, 3.05) is 13.1 Å². The molecule has 15 nitrogen and oxygen atoms in total. The lowest BCUT2D eigenvalue weighted by Crippen LogP contribution is -2.57. The molecule has 0 aromatic carbocycles. The summed E-state index contributed by atoms with van der Waals surface area (Å²) in [5, 5.41) is 17.2. The van der Waals surface area contributed by atoms with Gasteiger partial charge in [0, 0.05) is 13.0 Å². The molecule has 0 aromatic rings. The molecule has 0 fully saturated rings. The first-order valence-electron chi connectivity index (χ1n) is 12.7. The number of amides is 4. The summed E-state index contributed by atoms with van der Waals surface area (Å²) in [4.78, 5) is 65.2. The van der Waals surface area contributed by atoms with Crippen molar-refractivity contribution in [3.63, 3.8) is 0 Å². The van der Waals surface area contributed by atoms with Crippen LogP contribution in [0.1, 0.15) is 65.2 Å². The number of carbonyl (C=O) groups excluding carboxylic acids is 4. The van der Waals surface area contributed by atoms with Crippen molar-refractivity contribution in [2.24, 2.45) is 39.6 Å². The van der Waals surface area contributed by atoms with E-state index in [0.717, 1.165) is 0 Å². The van der Waals surface area contributed by atoms with E-state index in [2.05, 4.69) is 20.9 Å². The van der Waals surface area contributed by atoms with Crippen LogP contribution >= 0.6 is 0 Å². The summed E-state index contributed by atoms with van der Waals surface area (Å²) in [6.07, 6.45) is 1.81. The van der Waals surface area contributed by atoms with E-state index in [1.165, 1.54) is 0 Å². The highest BCUT2D eigenvalue weighted by Crippen LogP contribution is 2.09. The molecular weight excluding hydrogens is 498 g/mol. The number of carbonyl (C=O) groups is 5. The smallest absolute Gasteiger partial charge is 0.326 e. The number of aliphatic carboxylic acids is 1. The fourth-order valence-electron chi connectivity index (χ4n) is 3.48. The van der Waals surface area contributed by atoms with Crippen molar-refractivity contribution in [2.45, 2.75) is 89.4 Å². The molecule has 0 aliphatic heterocycles. The summed E-state index contributed by atoms with van der Waals surface area (Å²) in [7, 11) is 0. The van der Waals surface area contributed by atoms with Gasteiger partial charge in [0.1, 0.15) is 18.1 Å². The van der Waals surface area contributed by atoms with Gasteiger partial charge in [-0.15, -0.1) is 0 Å². The number of nitrogens with two attached hydrogens (primary N) is 5. The molecule has 0 aliphatic carbocycles. The molecule has 0 radical (unpaired) electrons. The molecule has 0 heterocycles. The predicted octanol–water partition coefficient (Wildman–Crippen LogP) is -2.65. The molecule has 4 atom stereocenters. The van der Waals surface area contributed by atoms with Gasteiger partial charge in [-0.1, -0.05) is 13.8 Å². The number of primary amides is 1. The second kappa shape index (κ2) is 18.7. The zero-order valence-electron chi connectivity index (χ0n) is 22.3. The summed E-state index contributed by atoms with van der Waals surface area (Å²) in [5.41, 5.74) is 27.0. The molecule has 0 saturated carbocycles. The fourth-order valence-corrected chi connectivity index (χ4v) is 3.48. The Balaban J connectivity index is 5.60. The van der Waals surface area contributed by atoms with Crippen molar-refractivity contribution in [3.05, 3.63) is 0 Å². The van der Waals surface area contributed by atoms with Gasteiger partial charge in [-0.25, -0.2) is 4.79 Å². The van der Waals surface area contributed by atoms with Gasteiger partial charge in [0.25, 0.3) is 0 Å². The minimum Gasteiger partial charge on any atom is -0.480 e. The van der Waals surface area contributed by atoms with Gasteiger partial charge in [0.2, 0.25) is 23.6 Å². The van der Waals surface area contributed by atoms with Gasteiger partial charge in [-0.2, -0.15) is 0 Å². The molecule has 0 rings (SSSR count). The Morgan fingerprint density at radius 2 is 1.34 bits per heavy atom. The predicted molar refractivity (Wildman–Crippen MR) is 142 cm³/mol. The number of aliphatic imine (C=N–C) groups is 1. The normalized spacial score (nSPS) is 14.0. The average molecular weight is 544 g/mol. The Bertz CT molecular complexity index is 817. The largest absolute Gasteiger partial charge is 0.480 e. The maximum atomic E-state index is 13.2. The van der Waals surface area contributed by atoms with E-state index in [9.17, 15) is 29.1 Å². The summed E-state index contributed by atoms with van der Waals surface area (Å²) >= 11 is 0. The highest BCUT2D eigenvalue weighted by Gasteiger charge is 2.30. The van der Waals surface area contributed by atoms with Crippen LogP contribution in [0.25, 0.3) is 0 Å². The van der Waals surface area contributed by atoms with Crippen LogP contribution < -0.4 is 44.6 Å². The Kier molecular flexibility index (Phi) is 17.0. The van der Waals surface area contributed by atoms with Crippen LogP contribution in [0.3, 0.4) is 0 Å². The number of hydrogen-bond acceptors (Lipinski definition) is 8. The Hall–Kier alpha value is -3.46. The van der Waals surface area contributed by atoms with Crippen molar-refractivity contribution < 1.29 is 29.1 Å². The monoisotopic (exact) mass is 543 g/mol. The fraction of sp³-hybridized carbons (Fsp3) is 0.739. The third kappa shape index (κ3) is 15.6. The zero-order chi connectivity index (χ0) is 29.3. The summed E-state index contributed by atoms with van der Waals surface area (Å²) in [6.45, 7) is 4.26. The lowest BCUT2D eigenvalue weighted by atomic mass is 10.0. The Labute approximate surface area is 223 Å². The minimum absolute atomic E-state index is 0.00768. The van der Waals surface area contributed by atoms with E-state index in [4.69, 9.17) is 28.7 Å². The van der Waals surface area contributed by atoms with Crippen molar-refractivity contribution in [3.8, 4) is 0 Å². The van der Waals surface area contributed by atoms with E-state index in [1.807, 2.05) is 13.8 Å². The number of rotatable bonds is 20. The first kappa shape index (κ1) is 34.5. The van der Waals surface area contributed by atoms with Gasteiger partial charge >= 0.3 is 5.97 Å². The van der Waals surface area contributed by atoms with Crippen LogP contribution in [0.15, 0.2) is 4.99 Å². The zero-order valence-corrected chi connectivity index (χ0v) is 22.3. The van der Waals surface area contributed by atoms with E-state index in [1.54, 1.807) is 0 Å². The van der Waals surface area contributed by atoms with Gasteiger partial charge < -0.3 is 49.7 Å². The van der Waals surface area contributed by atoms with Crippen LogP contribution in [0, 0.1) is 5.92 Å². The number of unbranched alkanes of at least 4 members (excludes halogenated alkanes) is 1. The van der Waals surface area contributed by atoms with Gasteiger partial charge in [0.05, 0.1) is 6.04 Å². The molecule has 0 saturated heterocycles. The molecule has 14 N–H and O–H groups in total. The third-order valence-corrected chi connectivity index (χ3v) is 5.52. The highest BCUT2D eigenvalue weighted by atomic mass is 16.4. The van der Waals surface area contributed by atoms with Gasteiger partial charge in [-0.05, 0) is 57.4 Å². The van der Waals surface area contributed by atoms with Crippen LogP contribution in [-0.2, 0) is 24.0 Å². The topological polar surface area (TPSA) is 284 Å². The lowest BCUT2D eigenvalue weighted by Gasteiger charge is -2.26. The number of nitrogens with zero attached hydrogens (tertiary/aromatic N) is 1. The van der Waals surface area contributed by atoms with Crippen LogP contribution in [0.5, 0.6) is 0 Å². The molecule has 0 aromatic heterocycles. The second-order valence-corrected chi connectivity index (χ2v) is 9.50. The minimum atomic E-state index is -1.21. The molecular formula is C23H45N9O6. The van der Waals surface area contributed by atoms with Gasteiger partial charge in [0.15, 0.2) is 5.96 Å². The van der Waals surface area contributed by atoms with E-state index < -0.39 is 53.8 Å². The van der Waals surface area contributed by atoms with Crippen molar-refractivity contribution in [1.29, 1.82) is 0 Å². The van der Waals surface area contributed by atoms with Crippen LogP contribution in [-0.4, -0.2) is 77.9 Å². The number of carboxylic acid groups (broad SMARTS) is 1.